The largest absolute Gasteiger partial charge is 0.392 e. The first kappa shape index (κ1) is 13.6. The SMILES string of the molecule is CCc1cc(CO)ccc1NCc1ccccc1F. The van der Waals surface area contributed by atoms with Gasteiger partial charge in [0.25, 0.3) is 0 Å². The Kier molecular flexibility index (Phi) is 4.53. The molecule has 0 saturated carbocycles. The fraction of sp³-hybridized carbons (Fsp3) is 0.250. The summed E-state index contributed by atoms with van der Waals surface area (Å²) in [6.07, 6.45) is 0.868. The maximum Gasteiger partial charge on any atom is 0.128 e. The molecule has 0 aliphatic rings. The molecular weight excluding hydrogens is 241 g/mol. The van der Waals surface area contributed by atoms with E-state index in [9.17, 15) is 4.39 Å². The summed E-state index contributed by atoms with van der Waals surface area (Å²) in [5.41, 5.74) is 3.66. The van der Waals surface area contributed by atoms with Crippen LogP contribution < -0.4 is 5.32 Å². The summed E-state index contributed by atoms with van der Waals surface area (Å²) >= 11 is 0. The zero-order chi connectivity index (χ0) is 13.7. The molecule has 0 aliphatic carbocycles. The molecule has 0 atom stereocenters. The number of hydrogen-bond acceptors (Lipinski definition) is 2. The highest BCUT2D eigenvalue weighted by atomic mass is 19.1. The van der Waals surface area contributed by atoms with Gasteiger partial charge in [0.2, 0.25) is 0 Å². The van der Waals surface area contributed by atoms with Crippen molar-refractivity contribution < 1.29 is 9.50 Å². The maximum absolute atomic E-state index is 13.5. The molecule has 2 aromatic rings. The Bertz CT molecular complexity index is 554. The lowest BCUT2D eigenvalue weighted by Crippen LogP contribution is -2.04. The Morgan fingerprint density at radius 3 is 2.58 bits per heavy atom. The lowest BCUT2D eigenvalue weighted by Gasteiger charge is -2.12. The molecule has 0 radical (unpaired) electrons. The number of aliphatic hydroxyl groups excluding tert-OH is 1. The molecule has 2 nitrogen and oxygen atoms in total. The van der Waals surface area contributed by atoms with Gasteiger partial charge in [0.05, 0.1) is 6.61 Å². The van der Waals surface area contributed by atoms with Gasteiger partial charge in [-0.15, -0.1) is 0 Å². The van der Waals surface area contributed by atoms with Gasteiger partial charge in [0.15, 0.2) is 0 Å². The summed E-state index contributed by atoms with van der Waals surface area (Å²) in [4.78, 5) is 0. The third kappa shape index (κ3) is 3.32. The summed E-state index contributed by atoms with van der Waals surface area (Å²) < 4.78 is 13.5. The molecule has 0 amide bonds. The molecule has 100 valence electrons. The molecule has 2 aromatic carbocycles. The summed E-state index contributed by atoms with van der Waals surface area (Å²) in [6, 6.07) is 12.5. The van der Waals surface area contributed by atoms with Crippen molar-refractivity contribution in [3.63, 3.8) is 0 Å². The minimum atomic E-state index is -0.194. The van der Waals surface area contributed by atoms with E-state index in [0.29, 0.717) is 12.1 Å². The Morgan fingerprint density at radius 1 is 1.11 bits per heavy atom. The smallest absolute Gasteiger partial charge is 0.128 e. The van der Waals surface area contributed by atoms with Crippen LogP contribution in [0.2, 0.25) is 0 Å². The predicted octanol–water partition coefficient (Wildman–Crippen LogP) is 3.49. The Hall–Kier alpha value is -1.87. The topological polar surface area (TPSA) is 32.3 Å². The standard InChI is InChI=1S/C16H18FNO/c1-2-13-9-12(11-19)7-8-16(13)18-10-14-5-3-4-6-15(14)17/h3-9,18-19H,2,10-11H2,1H3. The quantitative estimate of drug-likeness (QED) is 0.861. The van der Waals surface area contributed by atoms with Crippen molar-refractivity contribution >= 4 is 5.69 Å². The van der Waals surface area contributed by atoms with Crippen molar-refractivity contribution in [2.24, 2.45) is 0 Å². The molecule has 0 aromatic heterocycles. The van der Waals surface area contributed by atoms with Gasteiger partial charge in [-0.05, 0) is 29.7 Å². The van der Waals surface area contributed by atoms with E-state index in [1.807, 2.05) is 24.3 Å². The lowest BCUT2D eigenvalue weighted by atomic mass is 10.1. The van der Waals surface area contributed by atoms with Gasteiger partial charge in [-0.3, -0.25) is 0 Å². The van der Waals surface area contributed by atoms with Crippen LogP contribution in [-0.4, -0.2) is 5.11 Å². The van der Waals surface area contributed by atoms with Gasteiger partial charge in [0.1, 0.15) is 5.82 Å². The second-order valence-corrected chi connectivity index (χ2v) is 4.45. The molecule has 0 unspecified atom stereocenters. The number of rotatable bonds is 5. The van der Waals surface area contributed by atoms with Crippen LogP contribution in [0.25, 0.3) is 0 Å². The maximum atomic E-state index is 13.5. The van der Waals surface area contributed by atoms with Crippen molar-refractivity contribution in [3.05, 3.63) is 65.0 Å². The van der Waals surface area contributed by atoms with Crippen molar-refractivity contribution in [3.8, 4) is 0 Å². The Labute approximate surface area is 112 Å². The normalized spacial score (nSPS) is 10.5. The summed E-state index contributed by atoms with van der Waals surface area (Å²) in [5, 5.41) is 12.4. The first-order valence-corrected chi connectivity index (χ1v) is 6.44. The van der Waals surface area contributed by atoms with Gasteiger partial charge in [-0.1, -0.05) is 37.3 Å². The van der Waals surface area contributed by atoms with Crippen molar-refractivity contribution in [2.75, 3.05) is 5.32 Å². The van der Waals surface area contributed by atoms with E-state index in [1.54, 1.807) is 12.1 Å². The van der Waals surface area contributed by atoms with Crippen LogP contribution >= 0.6 is 0 Å². The van der Waals surface area contributed by atoms with Gasteiger partial charge in [-0.25, -0.2) is 4.39 Å². The average Bonchev–Trinajstić information content (AvgIpc) is 2.46. The highest BCUT2D eigenvalue weighted by Crippen LogP contribution is 2.20. The van der Waals surface area contributed by atoms with Gasteiger partial charge in [-0.2, -0.15) is 0 Å². The second-order valence-electron chi connectivity index (χ2n) is 4.45. The van der Waals surface area contributed by atoms with Crippen LogP contribution in [-0.2, 0) is 19.6 Å². The molecule has 3 heteroatoms. The van der Waals surface area contributed by atoms with Crippen molar-refractivity contribution in [1.29, 1.82) is 0 Å². The Morgan fingerprint density at radius 2 is 1.89 bits per heavy atom. The summed E-state index contributed by atoms with van der Waals surface area (Å²) in [5.74, 6) is -0.194. The number of anilines is 1. The first-order chi connectivity index (χ1) is 9.24. The number of aryl methyl sites for hydroxylation is 1. The molecule has 0 saturated heterocycles. The van der Waals surface area contributed by atoms with Crippen LogP contribution in [0.15, 0.2) is 42.5 Å². The zero-order valence-electron chi connectivity index (χ0n) is 11.0. The van der Waals surface area contributed by atoms with Crippen LogP contribution in [0.5, 0.6) is 0 Å². The molecular formula is C16H18FNO. The second kappa shape index (κ2) is 6.34. The fourth-order valence-corrected chi connectivity index (χ4v) is 2.04. The highest BCUT2D eigenvalue weighted by molar-refractivity contribution is 5.53. The van der Waals surface area contributed by atoms with Gasteiger partial charge in [0, 0.05) is 17.8 Å². The van der Waals surface area contributed by atoms with Gasteiger partial charge < -0.3 is 10.4 Å². The molecule has 0 heterocycles. The average molecular weight is 259 g/mol. The van der Waals surface area contributed by atoms with Crippen LogP contribution in [0.3, 0.4) is 0 Å². The molecule has 0 fully saturated rings. The molecule has 2 N–H and O–H groups in total. The van der Waals surface area contributed by atoms with Crippen LogP contribution in [0.1, 0.15) is 23.6 Å². The van der Waals surface area contributed by atoms with E-state index >= 15 is 0 Å². The minimum Gasteiger partial charge on any atom is -0.392 e. The number of halogens is 1. The van der Waals surface area contributed by atoms with E-state index < -0.39 is 0 Å². The van der Waals surface area contributed by atoms with E-state index in [4.69, 9.17) is 5.11 Å². The fourth-order valence-electron chi connectivity index (χ4n) is 2.04. The van der Waals surface area contributed by atoms with E-state index in [1.165, 1.54) is 6.07 Å². The summed E-state index contributed by atoms with van der Waals surface area (Å²) in [6.45, 7) is 2.56. The van der Waals surface area contributed by atoms with Crippen LogP contribution in [0, 0.1) is 5.82 Å². The Balaban J connectivity index is 2.13. The van der Waals surface area contributed by atoms with Crippen LogP contribution in [0.4, 0.5) is 10.1 Å². The summed E-state index contributed by atoms with van der Waals surface area (Å²) in [7, 11) is 0. The van der Waals surface area contributed by atoms with Crippen molar-refractivity contribution in [2.45, 2.75) is 26.5 Å². The van der Waals surface area contributed by atoms with E-state index in [0.717, 1.165) is 23.2 Å². The number of benzene rings is 2. The first-order valence-electron chi connectivity index (χ1n) is 6.44. The number of hydrogen-bond donors (Lipinski definition) is 2. The molecule has 2 rings (SSSR count). The number of nitrogens with one attached hydrogen (secondary N) is 1. The zero-order valence-corrected chi connectivity index (χ0v) is 11.0. The number of aliphatic hydroxyl groups is 1. The minimum absolute atomic E-state index is 0.0423. The molecule has 0 spiro atoms. The molecule has 19 heavy (non-hydrogen) atoms. The predicted molar refractivity (Wildman–Crippen MR) is 75.5 cm³/mol. The molecule has 0 bridgehead atoms. The molecule has 0 aliphatic heterocycles. The third-order valence-electron chi connectivity index (χ3n) is 3.16. The lowest BCUT2D eigenvalue weighted by molar-refractivity contribution is 0.282. The van der Waals surface area contributed by atoms with Gasteiger partial charge >= 0.3 is 0 Å². The third-order valence-corrected chi connectivity index (χ3v) is 3.16. The van der Waals surface area contributed by atoms with Crippen molar-refractivity contribution in [1.82, 2.24) is 0 Å². The van der Waals surface area contributed by atoms with E-state index in [2.05, 4.69) is 12.2 Å². The van der Waals surface area contributed by atoms with E-state index in [-0.39, 0.29) is 12.4 Å². The highest BCUT2D eigenvalue weighted by Gasteiger charge is 2.04. The monoisotopic (exact) mass is 259 g/mol.